The highest BCUT2D eigenvalue weighted by molar-refractivity contribution is 5.94. The van der Waals surface area contributed by atoms with Gasteiger partial charge in [0.15, 0.2) is 6.61 Å². The van der Waals surface area contributed by atoms with E-state index in [1.54, 1.807) is 18.2 Å². The lowest BCUT2D eigenvalue weighted by atomic mass is 9.99. The first-order valence-electron chi connectivity index (χ1n) is 10.8. The molecule has 4 aromatic rings. The maximum Gasteiger partial charge on any atom is 0.338 e. The van der Waals surface area contributed by atoms with Gasteiger partial charge in [-0.25, -0.2) is 14.8 Å². The third kappa shape index (κ3) is 5.60. The van der Waals surface area contributed by atoms with Crippen molar-refractivity contribution in [2.45, 2.75) is 26.3 Å². The first-order valence-corrected chi connectivity index (χ1v) is 10.8. The second kappa shape index (κ2) is 10.0. The molecule has 0 aliphatic carbocycles. The van der Waals surface area contributed by atoms with Crippen LogP contribution in [0.2, 0.25) is 0 Å². The molecule has 0 aliphatic rings. The second-order valence-corrected chi connectivity index (χ2v) is 7.89. The molecule has 1 amide bonds. The lowest BCUT2D eigenvalue weighted by Gasteiger charge is -2.19. The van der Waals surface area contributed by atoms with Gasteiger partial charge in [-0.2, -0.15) is 0 Å². The molecule has 0 bridgehead atoms. The minimum atomic E-state index is -0.577. The molecule has 0 aliphatic heterocycles. The number of aromatic nitrogens is 2. The van der Waals surface area contributed by atoms with Crippen LogP contribution in [0.25, 0.3) is 11.0 Å². The van der Waals surface area contributed by atoms with Gasteiger partial charge in [-0.1, -0.05) is 60.7 Å². The summed E-state index contributed by atoms with van der Waals surface area (Å²) in [5.41, 5.74) is 5.39. The molecule has 33 heavy (non-hydrogen) atoms. The van der Waals surface area contributed by atoms with E-state index in [9.17, 15) is 9.59 Å². The lowest BCUT2D eigenvalue weighted by molar-refractivity contribution is -0.125. The van der Waals surface area contributed by atoms with E-state index < -0.39 is 5.97 Å². The van der Waals surface area contributed by atoms with Crippen molar-refractivity contribution < 1.29 is 14.3 Å². The number of amides is 1. The van der Waals surface area contributed by atoms with E-state index in [-0.39, 0.29) is 18.6 Å². The highest BCUT2D eigenvalue weighted by Crippen LogP contribution is 2.19. The van der Waals surface area contributed by atoms with Crippen molar-refractivity contribution >= 4 is 22.9 Å². The van der Waals surface area contributed by atoms with E-state index in [2.05, 4.69) is 15.3 Å². The summed E-state index contributed by atoms with van der Waals surface area (Å²) in [6.07, 6.45) is 0.632. The summed E-state index contributed by atoms with van der Waals surface area (Å²) < 4.78 is 5.28. The van der Waals surface area contributed by atoms with Crippen LogP contribution in [-0.4, -0.2) is 28.5 Å². The molecular formula is C27H25N3O3. The van der Waals surface area contributed by atoms with E-state index in [1.165, 1.54) is 0 Å². The van der Waals surface area contributed by atoms with Crippen LogP contribution in [0.1, 0.15) is 38.9 Å². The first-order chi connectivity index (χ1) is 16.0. The third-order valence-corrected chi connectivity index (χ3v) is 5.47. The predicted octanol–water partition coefficient (Wildman–Crippen LogP) is 4.50. The van der Waals surface area contributed by atoms with Crippen LogP contribution < -0.4 is 5.32 Å². The van der Waals surface area contributed by atoms with Gasteiger partial charge in [0.2, 0.25) is 0 Å². The van der Waals surface area contributed by atoms with Gasteiger partial charge in [0.25, 0.3) is 5.91 Å². The average Bonchev–Trinajstić information content (AvgIpc) is 2.84. The Morgan fingerprint density at radius 3 is 2.18 bits per heavy atom. The zero-order chi connectivity index (χ0) is 23.2. The number of rotatable bonds is 7. The Labute approximate surface area is 192 Å². The fourth-order valence-corrected chi connectivity index (χ4v) is 3.60. The lowest BCUT2D eigenvalue weighted by Crippen LogP contribution is -2.33. The number of carbonyl (C=O) groups excluding carboxylic acids is 2. The molecule has 0 fully saturated rings. The molecule has 1 heterocycles. The average molecular weight is 440 g/mol. The summed E-state index contributed by atoms with van der Waals surface area (Å²) in [6.45, 7) is 3.40. The number of carbonyl (C=O) groups is 2. The summed E-state index contributed by atoms with van der Waals surface area (Å²) in [7, 11) is 0. The van der Waals surface area contributed by atoms with Crippen LogP contribution in [0, 0.1) is 13.8 Å². The molecule has 1 atom stereocenters. The summed E-state index contributed by atoms with van der Waals surface area (Å²) in [4.78, 5) is 34.1. The zero-order valence-electron chi connectivity index (χ0n) is 18.6. The SMILES string of the molecule is Cc1nc2ccc(C(=O)OCC(=O)N[C@H](Cc3ccccc3)c3ccccc3)cc2nc1C. The Hall–Kier alpha value is -4.06. The largest absolute Gasteiger partial charge is 0.452 e. The number of fused-ring (bicyclic) bond motifs is 1. The molecular weight excluding hydrogens is 414 g/mol. The molecule has 6 heteroatoms. The van der Waals surface area contributed by atoms with Gasteiger partial charge in [-0.3, -0.25) is 4.79 Å². The van der Waals surface area contributed by atoms with Gasteiger partial charge < -0.3 is 10.1 Å². The summed E-state index contributed by atoms with van der Waals surface area (Å²) in [6, 6.07) is 24.5. The Bertz CT molecular complexity index is 1270. The second-order valence-electron chi connectivity index (χ2n) is 7.89. The Morgan fingerprint density at radius 2 is 1.48 bits per heavy atom. The van der Waals surface area contributed by atoms with Crippen molar-refractivity contribution in [3.8, 4) is 0 Å². The zero-order valence-corrected chi connectivity index (χ0v) is 18.6. The molecule has 0 saturated carbocycles. The van der Waals surface area contributed by atoms with Gasteiger partial charge in [0.1, 0.15) is 0 Å². The van der Waals surface area contributed by atoms with Gasteiger partial charge in [0, 0.05) is 0 Å². The maximum absolute atomic E-state index is 12.6. The minimum Gasteiger partial charge on any atom is -0.452 e. The molecule has 3 aromatic carbocycles. The minimum absolute atomic E-state index is 0.234. The van der Waals surface area contributed by atoms with E-state index in [4.69, 9.17) is 4.74 Å². The number of nitrogens with zero attached hydrogens (tertiary/aromatic N) is 2. The molecule has 166 valence electrons. The third-order valence-electron chi connectivity index (χ3n) is 5.47. The number of benzene rings is 3. The summed E-state index contributed by atoms with van der Waals surface area (Å²) >= 11 is 0. The molecule has 0 spiro atoms. The highest BCUT2D eigenvalue weighted by Gasteiger charge is 2.17. The van der Waals surface area contributed by atoms with Crippen molar-refractivity contribution in [3.05, 3.63) is 107 Å². The van der Waals surface area contributed by atoms with Crippen LogP contribution in [0.15, 0.2) is 78.9 Å². The van der Waals surface area contributed by atoms with Crippen molar-refractivity contribution in [2.24, 2.45) is 0 Å². The van der Waals surface area contributed by atoms with E-state index in [0.29, 0.717) is 23.0 Å². The van der Waals surface area contributed by atoms with Crippen LogP contribution in [-0.2, 0) is 16.0 Å². The van der Waals surface area contributed by atoms with Crippen LogP contribution in [0.3, 0.4) is 0 Å². The normalized spacial score (nSPS) is 11.7. The van der Waals surface area contributed by atoms with Crippen LogP contribution >= 0.6 is 0 Å². The first kappa shape index (κ1) is 22.1. The van der Waals surface area contributed by atoms with Crippen molar-refractivity contribution in [1.82, 2.24) is 15.3 Å². The van der Waals surface area contributed by atoms with Crippen LogP contribution in [0.4, 0.5) is 0 Å². The molecule has 4 rings (SSSR count). The Kier molecular flexibility index (Phi) is 6.74. The molecule has 6 nitrogen and oxygen atoms in total. The van der Waals surface area contributed by atoms with E-state index in [1.807, 2.05) is 74.5 Å². The number of nitrogens with one attached hydrogen (secondary N) is 1. The maximum atomic E-state index is 12.6. The van der Waals surface area contributed by atoms with E-state index in [0.717, 1.165) is 22.5 Å². The summed E-state index contributed by atoms with van der Waals surface area (Å²) in [5.74, 6) is -0.938. The quantitative estimate of drug-likeness (QED) is 0.429. The molecule has 0 radical (unpaired) electrons. The predicted molar refractivity (Wildman–Crippen MR) is 127 cm³/mol. The van der Waals surface area contributed by atoms with Gasteiger partial charge >= 0.3 is 5.97 Å². The van der Waals surface area contributed by atoms with Crippen molar-refractivity contribution in [3.63, 3.8) is 0 Å². The fraction of sp³-hybridized carbons (Fsp3) is 0.185. The monoisotopic (exact) mass is 439 g/mol. The van der Waals surface area contributed by atoms with Gasteiger partial charge in [-0.05, 0) is 49.6 Å². The topological polar surface area (TPSA) is 81.2 Å². The standard InChI is InChI=1S/C27H25N3O3/c1-18-19(2)29-25-16-22(13-14-23(25)28-18)27(32)33-17-26(31)30-24(21-11-7-4-8-12-21)15-20-9-5-3-6-10-20/h3-14,16,24H,15,17H2,1-2H3,(H,30,31)/t24-/m1/s1. The fourth-order valence-electron chi connectivity index (χ4n) is 3.60. The molecule has 1 aromatic heterocycles. The van der Waals surface area contributed by atoms with Crippen molar-refractivity contribution in [1.29, 1.82) is 0 Å². The molecule has 0 unspecified atom stereocenters. The van der Waals surface area contributed by atoms with Crippen LogP contribution in [0.5, 0.6) is 0 Å². The van der Waals surface area contributed by atoms with Gasteiger partial charge in [0.05, 0.1) is 34.0 Å². The number of aryl methyl sites for hydroxylation is 2. The number of hydrogen-bond donors (Lipinski definition) is 1. The van der Waals surface area contributed by atoms with Crippen molar-refractivity contribution in [2.75, 3.05) is 6.61 Å². The Morgan fingerprint density at radius 1 is 0.848 bits per heavy atom. The highest BCUT2D eigenvalue weighted by atomic mass is 16.5. The van der Waals surface area contributed by atoms with Gasteiger partial charge in [-0.15, -0.1) is 0 Å². The number of esters is 1. The molecule has 0 saturated heterocycles. The smallest absolute Gasteiger partial charge is 0.338 e. The van der Waals surface area contributed by atoms with E-state index >= 15 is 0 Å². The number of hydrogen-bond acceptors (Lipinski definition) is 5. The number of ether oxygens (including phenoxy) is 1. The Balaban J connectivity index is 1.42. The summed E-state index contributed by atoms with van der Waals surface area (Å²) in [5, 5.41) is 2.99. The molecule has 1 N–H and O–H groups in total.